The molecule has 1 atom stereocenters. The van der Waals surface area contributed by atoms with Gasteiger partial charge in [0.05, 0.1) is 12.3 Å². The van der Waals surface area contributed by atoms with Crippen molar-refractivity contribution in [1.29, 1.82) is 0 Å². The second-order valence-corrected chi connectivity index (χ2v) is 3.17. The van der Waals surface area contributed by atoms with Gasteiger partial charge in [-0.2, -0.15) is 0 Å². The second kappa shape index (κ2) is 6.08. The normalized spacial score (nSPS) is 11.5. The minimum atomic E-state index is -0.432. The lowest BCUT2D eigenvalue weighted by Crippen LogP contribution is -1.89. The zero-order valence-corrected chi connectivity index (χ0v) is 9.84. The van der Waals surface area contributed by atoms with Crippen molar-refractivity contribution in [2.75, 3.05) is 0 Å². The summed E-state index contributed by atoms with van der Waals surface area (Å²) in [6.45, 7) is 5.74. The fourth-order valence-corrected chi connectivity index (χ4v) is 1.29. The molecule has 1 heterocycles. The van der Waals surface area contributed by atoms with E-state index in [0.29, 0.717) is 0 Å². The molecule has 86 valence electrons. The smallest absolute Gasteiger partial charge is 0.166 e. The Hall–Kier alpha value is -1.61. The number of hydrogen-bond acceptors (Lipinski definition) is 3. The molecule has 1 N–H and O–H groups in total. The molecule has 0 saturated heterocycles. The summed E-state index contributed by atoms with van der Waals surface area (Å²) in [4.78, 5) is 0. The van der Waals surface area contributed by atoms with Gasteiger partial charge in [0.15, 0.2) is 5.76 Å². The maximum atomic E-state index is 9.31. The maximum absolute atomic E-state index is 9.31. The van der Waals surface area contributed by atoms with E-state index in [1.165, 1.54) is 0 Å². The Balaban J connectivity index is 0.000000606. The number of benzene rings is 1. The fourth-order valence-electron chi connectivity index (χ4n) is 1.29. The Labute approximate surface area is 95.7 Å². The van der Waals surface area contributed by atoms with E-state index in [2.05, 4.69) is 5.16 Å². The van der Waals surface area contributed by atoms with Gasteiger partial charge in [-0.1, -0.05) is 43.3 Å². The molecule has 0 amide bonds. The van der Waals surface area contributed by atoms with E-state index in [1.54, 1.807) is 19.2 Å². The summed E-state index contributed by atoms with van der Waals surface area (Å²) in [6, 6.07) is 9.37. The zero-order valence-electron chi connectivity index (χ0n) is 9.84. The lowest BCUT2D eigenvalue weighted by molar-refractivity contribution is 0.199. The molecule has 0 radical (unpaired) electrons. The molecule has 1 aromatic heterocycles. The van der Waals surface area contributed by atoms with E-state index in [4.69, 9.17) is 4.52 Å². The Morgan fingerprint density at radius 3 is 2.19 bits per heavy atom. The van der Waals surface area contributed by atoms with E-state index in [1.807, 2.05) is 38.1 Å². The third kappa shape index (κ3) is 2.94. The van der Waals surface area contributed by atoms with E-state index in [-0.39, 0.29) is 0 Å². The zero-order chi connectivity index (χ0) is 12.0. The third-order valence-corrected chi connectivity index (χ3v) is 2.12. The number of hydrogen-bond donors (Lipinski definition) is 1. The van der Waals surface area contributed by atoms with Crippen LogP contribution in [-0.2, 0) is 0 Å². The maximum Gasteiger partial charge on any atom is 0.166 e. The number of aromatic nitrogens is 1. The monoisotopic (exact) mass is 219 g/mol. The largest absolute Gasteiger partial charge is 0.389 e. The molecule has 1 aromatic carbocycles. The van der Waals surface area contributed by atoms with Crippen LogP contribution in [0.25, 0.3) is 11.3 Å². The van der Waals surface area contributed by atoms with Gasteiger partial charge in [0.1, 0.15) is 0 Å². The first-order valence-corrected chi connectivity index (χ1v) is 5.46. The number of aliphatic hydroxyl groups excluding tert-OH is 1. The number of nitrogens with zero attached hydrogens (tertiary/aromatic N) is 1. The van der Waals surface area contributed by atoms with Crippen molar-refractivity contribution < 1.29 is 9.63 Å². The summed E-state index contributed by atoms with van der Waals surface area (Å²) in [6.07, 6.45) is 1.18. The van der Waals surface area contributed by atoms with Gasteiger partial charge in [0.25, 0.3) is 0 Å². The topological polar surface area (TPSA) is 46.3 Å². The molecule has 0 fully saturated rings. The predicted octanol–water partition coefficient (Wildman–Crippen LogP) is 3.42. The van der Waals surface area contributed by atoms with Crippen LogP contribution in [-0.4, -0.2) is 10.3 Å². The van der Waals surface area contributed by atoms with E-state index in [9.17, 15) is 5.11 Å². The molecule has 0 spiro atoms. The van der Waals surface area contributed by atoms with Gasteiger partial charge >= 0.3 is 0 Å². The summed E-state index contributed by atoms with van der Waals surface area (Å²) in [7, 11) is 0. The first kappa shape index (κ1) is 12.5. The SMILES string of the molecule is CC.C[C@@H](O)c1ccc(-c2ccno2)cc1. The molecule has 2 aromatic rings. The summed E-state index contributed by atoms with van der Waals surface area (Å²) >= 11 is 0. The molecule has 0 aliphatic carbocycles. The quantitative estimate of drug-likeness (QED) is 0.841. The van der Waals surface area contributed by atoms with Crippen molar-refractivity contribution in [2.24, 2.45) is 0 Å². The Kier molecular flexibility index (Phi) is 4.73. The molecular weight excluding hydrogens is 202 g/mol. The van der Waals surface area contributed by atoms with Gasteiger partial charge < -0.3 is 9.63 Å². The number of rotatable bonds is 2. The van der Waals surface area contributed by atoms with Gasteiger partial charge in [-0.25, -0.2) is 0 Å². The van der Waals surface area contributed by atoms with Crippen LogP contribution in [0.2, 0.25) is 0 Å². The average molecular weight is 219 g/mol. The van der Waals surface area contributed by atoms with Crippen molar-refractivity contribution in [3.8, 4) is 11.3 Å². The molecule has 0 saturated carbocycles. The minimum absolute atomic E-state index is 0.432. The Morgan fingerprint density at radius 1 is 1.12 bits per heavy atom. The molecule has 16 heavy (non-hydrogen) atoms. The van der Waals surface area contributed by atoms with Gasteiger partial charge in [-0.3, -0.25) is 0 Å². The van der Waals surface area contributed by atoms with Crippen LogP contribution in [0, 0.1) is 0 Å². The van der Waals surface area contributed by atoms with E-state index in [0.717, 1.165) is 16.9 Å². The van der Waals surface area contributed by atoms with Crippen molar-refractivity contribution in [3.05, 3.63) is 42.1 Å². The summed E-state index contributed by atoms with van der Waals surface area (Å²) < 4.78 is 5.01. The van der Waals surface area contributed by atoms with Crippen LogP contribution in [0.1, 0.15) is 32.4 Å². The fraction of sp³-hybridized carbons (Fsp3) is 0.308. The molecule has 0 unspecified atom stereocenters. The summed E-state index contributed by atoms with van der Waals surface area (Å²) in [5, 5.41) is 12.9. The van der Waals surface area contributed by atoms with Crippen molar-refractivity contribution in [1.82, 2.24) is 5.16 Å². The van der Waals surface area contributed by atoms with Crippen LogP contribution in [0.5, 0.6) is 0 Å². The molecule has 2 rings (SSSR count). The summed E-state index contributed by atoms with van der Waals surface area (Å²) in [5.74, 6) is 0.738. The molecule has 3 nitrogen and oxygen atoms in total. The second-order valence-electron chi connectivity index (χ2n) is 3.17. The van der Waals surface area contributed by atoms with E-state index < -0.39 is 6.10 Å². The molecule has 0 aliphatic rings. The Morgan fingerprint density at radius 2 is 1.75 bits per heavy atom. The molecule has 3 heteroatoms. The standard InChI is InChI=1S/C11H11NO2.C2H6/c1-8(13)9-2-4-10(5-3-9)11-6-7-12-14-11;1-2/h2-8,13H,1H3;1-2H3/t8-;/m1./s1. The molecule has 0 bridgehead atoms. The van der Waals surface area contributed by atoms with Gasteiger partial charge in [-0.05, 0) is 12.5 Å². The van der Waals surface area contributed by atoms with Crippen molar-refractivity contribution in [2.45, 2.75) is 26.9 Å². The highest BCUT2D eigenvalue weighted by atomic mass is 16.5. The third-order valence-electron chi connectivity index (χ3n) is 2.12. The van der Waals surface area contributed by atoms with E-state index >= 15 is 0 Å². The highest BCUT2D eigenvalue weighted by molar-refractivity contribution is 5.56. The average Bonchev–Trinajstić information content (AvgIpc) is 2.85. The molecule has 0 aliphatic heterocycles. The number of aliphatic hydroxyl groups is 1. The van der Waals surface area contributed by atoms with Gasteiger partial charge in [0, 0.05) is 11.6 Å². The first-order valence-electron chi connectivity index (χ1n) is 5.46. The van der Waals surface area contributed by atoms with Crippen molar-refractivity contribution in [3.63, 3.8) is 0 Å². The van der Waals surface area contributed by atoms with Crippen molar-refractivity contribution >= 4 is 0 Å². The van der Waals surface area contributed by atoms with Crippen LogP contribution >= 0.6 is 0 Å². The highest BCUT2D eigenvalue weighted by Gasteiger charge is 2.03. The van der Waals surface area contributed by atoms with Crippen LogP contribution < -0.4 is 0 Å². The van der Waals surface area contributed by atoms with Gasteiger partial charge in [-0.15, -0.1) is 0 Å². The molecular formula is C13H17NO2. The predicted molar refractivity (Wildman–Crippen MR) is 63.9 cm³/mol. The van der Waals surface area contributed by atoms with Crippen LogP contribution in [0.4, 0.5) is 0 Å². The first-order chi connectivity index (χ1) is 7.77. The summed E-state index contributed by atoms with van der Waals surface area (Å²) in [5.41, 5.74) is 1.86. The van der Waals surface area contributed by atoms with Gasteiger partial charge in [0.2, 0.25) is 0 Å². The Bertz CT molecular complexity index is 390. The van der Waals surface area contributed by atoms with Crippen LogP contribution in [0.15, 0.2) is 41.1 Å². The lowest BCUT2D eigenvalue weighted by Gasteiger charge is -2.04. The highest BCUT2D eigenvalue weighted by Crippen LogP contribution is 2.21. The lowest BCUT2D eigenvalue weighted by atomic mass is 10.1. The van der Waals surface area contributed by atoms with Crippen LogP contribution in [0.3, 0.4) is 0 Å². The minimum Gasteiger partial charge on any atom is -0.389 e.